The molecule has 1 aromatic carbocycles. The van der Waals surface area contributed by atoms with Crippen molar-refractivity contribution in [2.45, 2.75) is 31.7 Å². The molecule has 0 aliphatic carbocycles. The van der Waals surface area contributed by atoms with Gasteiger partial charge in [0, 0.05) is 12.6 Å². The van der Waals surface area contributed by atoms with Crippen LogP contribution < -0.4 is 5.32 Å². The fraction of sp³-hybridized carbons (Fsp3) is 0.533. The molecule has 2 rings (SSSR count). The van der Waals surface area contributed by atoms with E-state index in [1.807, 2.05) is 0 Å². The smallest absolute Gasteiger partial charge is 0.379 e. The van der Waals surface area contributed by atoms with E-state index in [-0.39, 0.29) is 12.7 Å². The molecule has 1 aliphatic heterocycles. The molecule has 1 amide bonds. The van der Waals surface area contributed by atoms with Crippen molar-refractivity contribution in [3.8, 4) is 0 Å². The molecule has 1 saturated heterocycles. The van der Waals surface area contributed by atoms with Gasteiger partial charge >= 0.3 is 6.18 Å². The van der Waals surface area contributed by atoms with E-state index in [2.05, 4.69) is 5.32 Å². The number of alkyl halides is 3. The first-order chi connectivity index (χ1) is 10.8. The van der Waals surface area contributed by atoms with Gasteiger partial charge in [0.05, 0.1) is 30.4 Å². The molecule has 23 heavy (non-hydrogen) atoms. The number of halogens is 4. The molecular weight excluding hydrogens is 318 g/mol. The lowest BCUT2D eigenvalue weighted by molar-refractivity contribution is -0.138. The Kier molecular flexibility index (Phi) is 5.59. The van der Waals surface area contributed by atoms with Crippen molar-refractivity contribution in [3.05, 3.63) is 35.1 Å². The van der Waals surface area contributed by atoms with Gasteiger partial charge in [-0.2, -0.15) is 13.2 Å². The van der Waals surface area contributed by atoms with Crippen LogP contribution in [0.3, 0.4) is 0 Å². The van der Waals surface area contributed by atoms with Gasteiger partial charge in [0.15, 0.2) is 0 Å². The molecule has 0 saturated carbocycles. The fourth-order valence-electron chi connectivity index (χ4n) is 2.22. The summed E-state index contributed by atoms with van der Waals surface area (Å²) in [4.78, 5) is 12.0. The van der Waals surface area contributed by atoms with Gasteiger partial charge in [-0.05, 0) is 31.5 Å². The topological polar surface area (TPSA) is 47.6 Å². The lowest BCUT2D eigenvalue weighted by atomic mass is 10.1. The molecule has 2 atom stereocenters. The fourth-order valence-corrected chi connectivity index (χ4v) is 2.22. The summed E-state index contributed by atoms with van der Waals surface area (Å²) in [6, 6.07) is 1.47. The van der Waals surface area contributed by atoms with E-state index in [1.54, 1.807) is 6.92 Å². The second-order valence-corrected chi connectivity index (χ2v) is 5.38. The van der Waals surface area contributed by atoms with Gasteiger partial charge in [0.2, 0.25) is 0 Å². The third-order valence-corrected chi connectivity index (χ3v) is 3.38. The van der Waals surface area contributed by atoms with Crippen LogP contribution in [0.5, 0.6) is 0 Å². The van der Waals surface area contributed by atoms with E-state index in [0.717, 1.165) is 18.6 Å². The molecule has 4 nitrogen and oxygen atoms in total. The minimum atomic E-state index is -4.81. The van der Waals surface area contributed by atoms with Crippen LogP contribution in [-0.4, -0.2) is 37.9 Å². The van der Waals surface area contributed by atoms with E-state index < -0.39 is 35.1 Å². The number of ether oxygens (including phenoxy) is 2. The molecule has 2 unspecified atom stereocenters. The Morgan fingerprint density at radius 2 is 2.22 bits per heavy atom. The normalized spacial score (nSPS) is 19.6. The van der Waals surface area contributed by atoms with Crippen LogP contribution in [0.4, 0.5) is 17.6 Å². The number of carbonyl (C=O) groups excluding carboxylic acids is 1. The predicted molar refractivity (Wildman–Crippen MR) is 73.5 cm³/mol. The lowest BCUT2D eigenvalue weighted by Crippen LogP contribution is -2.38. The van der Waals surface area contributed by atoms with E-state index >= 15 is 0 Å². The van der Waals surface area contributed by atoms with Crippen molar-refractivity contribution in [3.63, 3.8) is 0 Å². The SMILES string of the molecule is CC(COC1CCOC1)NC(=O)c1ccc(F)cc1C(F)(F)F. The van der Waals surface area contributed by atoms with Gasteiger partial charge in [-0.15, -0.1) is 0 Å². The Labute approximate surface area is 130 Å². The van der Waals surface area contributed by atoms with E-state index in [4.69, 9.17) is 9.47 Å². The maximum Gasteiger partial charge on any atom is 0.417 e. The number of carbonyl (C=O) groups is 1. The molecule has 8 heteroatoms. The first-order valence-corrected chi connectivity index (χ1v) is 7.14. The largest absolute Gasteiger partial charge is 0.417 e. The molecule has 1 aromatic rings. The molecular formula is C15H17F4NO3. The van der Waals surface area contributed by atoms with E-state index in [9.17, 15) is 22.4 Å². The highest BCUT2D eigenvalue weighted by Crippen LogP contribution is 2.32. The molecule has 1 fully saturated rings. The maximum absolute atomic E-state index is 13.0. The van der Waals surface area contributed by atoms with Crippen LogP contribution in [0, 0.1) is 5.82 Å². The number of nitrogens with one attached hydrogen (secondary N) is 1. The third-order valence-electron chi connectivity index (χ3n) is 3.38. The van der Waals surface area contributed by atoms with Gasteiger partial charge in [-0.1, -0.05) is 0 Å². The molecule has 1 heterocycles. The lowest BCUT2D eigenvalue weighted by Gasteiger charge is -2.18. The van der Waals surface area contributed by atoms with Gasteiger partial charge < -0.3 is 14.8 Å². The van der Waals surface area contributed by atoms with Crippen molar-refractivity contribution < 1.29 is 31.8 Å². The minimum absolute atomic E-state index is 0.0640. The van der Waals surface area contributed by atoms with Gasteiger partial charge in [0.1, 0.15) is 5.82 Å². The Balaban J connectivity index is 1.99. The monoisotopic (exact) mass is 335 g/mol. The molecule has 1 aliphatic rings. The zero-order valence-electron chi connectivity index (χ0n) is 12.5. The second kappa shape index (κ2) is 7.27. The summed E-state index contributed by atoms with van der Waals surface area (Å²) >= 11 is 0. The second-order valence-electron chi connectivity index (χ2n) is 5.38. The predicted octanol–water partition coefficient (Wildman–Crippen LogP) is 2.77. The highest BCUT2D eigenvalue weighted by molar-refractivity contribution is 5.96. The van der Waals surface area contributed by atoms with Crippen molar-refractivity contribution >= 4 is 5.91 Å². The summed E-state index contributed by atoms with van der Waals surface area (Å²) < 4.78 is 62.3. The van der Waals surface area contributed by atoms with Gasteiger partial charge in [0.25, 0.3) is 5.91 Å². The summed E-state index contributed by atoms with van der Waals surface area (Å²) in [5, 5.41) is 2.42. The molecule has 0 aromatic heterocycles. The number of rotatable bonds is 5. The number of amides is 1. The summed E-state index contributed by atoms with van der Waals surface area (Å²) in [7, 11) is 0. The van der Waals surface area contributed by atoms with Crippen LogP contribution in [-0.2, 0) is 15.7 Å². The Bertz CT molecular complexity index is 556. The zero-order chi connectivity index (χ0) is 17.0. The summed E-state index contributed by atoms with van der Waals surface area (Å²) in [5.74, 6) is -1.97. The summed E-state index contributed by atoms with van der Waals surface area (Å²) in [6.07, 6.45) is -4.13. The van der Waals surface area contributed by atoms with Gasteiger partial charge in [-0.3, -0.25) is 4.79 Å². The van der Waals surface area contributed by atoms with Crippen molar-refractivity contribution in [1.82, 2.24) is 5.32 Å². The average Bonchev–Trinajstić information content (AvgIpc) is 2.97. The highest BCUT2D eigenvalue weighted by atomic mass is 19.4. The first-order valence-electron chi connectivity index (χ1n) is 7.14. The minimum Gasteiger partial charge on any atom is -0.379 e. The zero-order valence-corrected chi connectivity index (χ0v) is 12.5. The van der Waals surface area contributed by atoms with Crippen LogP contribution in [0.2, 0.25) is 0 Å². The standard InChI is InChI=1S/C15H17F4NO3/c1-9(7-23-11-4-5-22-8-11)20-14(21)12-3-2-10(16)6-13(12)15(17,18)19/h2-3,6,9,11H,4-5,7-8H2,1H3,(H,20,21). The van der Waals surface area contributed by atoms with Crippen molar-refractivity contribution in [1.29, 1.82) is 0 Å². The Morgan fingerprint density at radius 3 is 2.83 bits per heavy atom. The average molecular weight is 335 g/mol. The number of hydrogen-bond acceptors (Lipinski definition) is 3. The summed E-state index contributed by atoms with van der Waals surface area (Å²) in [6.45, 7) is 2.85. The van der Waals surface area contributed by atoms with Gasteiger partial charge in [-0.25, -0.2) is 4.39 Å². The molecule has 0 spiro atoms. The first kappa shape index (κ1) is 17.7. The Morgan fingerprint density at radius 1 is 1.48 bits per heavy atom. The highest BCUT2D eigenvalue weighted by Gasteiger charge is 2.35. The van der Waals surface area contributed by atoms with Crippen LogP contribution >= 0.6 is 0 Å². The maximum atomic E-state index is 13.0. The third kappa shape index (κ3) is 4.90. The van der Waals surface area contributed by atoms with Crippen molar-refractivity contribution in [2.24, 2.45) is 0 Å². The van der Waals surface area contributed by atoms with Crippen molar-refractivity contribution in [2.75, 3.05) is 19.8 Å². The van der Waals surface area contributed by atoms with Crippen LogP contribution in [0.15, 0.2) is 18.2 Å². The van der Waals surface area contributed by atoms with Crippen LogP contribution in [0.1, 0.15) is 29.3 Å². The number of hydrogen-bond donors (Lipinski definition) is 1. The van der Waals surface area contributed by atoms with Crippen LogP contribution in [0.25, 0.3) is 0 Å². The molecule has 0 bridgehead atoms. The molecule has 0 radical (unpaired) electrons. The number of benzene rings is 1. The molecule has 128 valence electrons. The molecule has 1 N–H and O–H groups in total. The summed E-state index contributed by atoms with van der Waals surface area (Å²) in [5.41, 5.74) is -1.91. The van der Waals surface area contributed by atoms with E-state index in [0.29, 0.717) is 19.3 Å². The van der Waals surface area contributed by atoms with E-state index in [1.165, 1.54) is 0 Å². The Hall–Kier alpha value is -1.67. The quantitative estimate of drug-likeness (QED) is 0.842.